The molecular formula is C18H21ClN4O3. The highest BCUT2D eigenvalue weighted by molar-refractivity contribution is 6.01. The summed E-state index contributed by atoms with van der Waals surface area (Å²) in [6, 6.07) is 7.71. The first-order valence-electron chi connectivity index (χ1n) is 8.49. The van der Waals surface area contributed by atoms with Gasteiger partial charge in [-0.3, -0.25) is 14.2 Å². The molecule has 0 radical (unpaired) electrons. The molecule has 0 saturated carbocycles. The Kier molecular flexibility index (Phi) is 5.29. The molecule has 0 bridgehead atoms. The molecule has 1 N–H and O–H groups in total. The molecule has 3 aromatic rings. The number of aromatic nitrogens is 2. The van der Waals surface area contributed by atoms with Gasteiger partial charge in [-0.15, -0.1) is 12.4 Å². The topological polar surface area (TPSA) is 80.4 Å². The normalized spacial score (nSPS) is 17.4. The number of carbonyl (C=O) groups excluding carboxylic acids is 1. The Bertz CT molecular complexity index is 997. The van der Waals surface area contributed by atoms with Gasteiger partial charge < -0.3 is 14.6 Å². The van der Waals surface area contributed by atoms with E-state index in [1.54, 1.807) is 11.0 Å². The van der Waals surface area contributed by atoms with Crippen LogP contribution < -0.4 is 10.9 Å². The van der Waals surface area contributed by atoms with Gasteiger partial charge in [-0.05, 0) is 32.0 Å². The average Bonchev–Trinajstić information content (AvgIpc) is 3.03. The summed E-state index contributed by atoms with van der Waals surface area (Å²) in [5.41, 5.74) is 1.04. The number of fused-ring (bicyclic) bond motifs is 3. The molecule has 1 atom stereocenters. The standard InChI is InChI=1S/C18H20N4O3.ClH/c1-19-12-5-4-8-21(9-12)15(23)10-22-11-20-16-13-6-2-3-7-14(13)25-17(16)18(22)24;/h2-3,6-7,11-12,19H,4-5,8-10H2,1H3;1H. The molecule has 1 aromatic carbocycles. The number of likely N-dealkylation sites (tertiary alicyclic amines) is 1. The maximum Gasteiger partial charge on any atom is 0.297 e. The third-order valence-corrected chi connectivity index (χ3v) is 4.84. The zero-order valence-electron chi connectivity index (χ0n) is 14.5. The van der Waals surface area contributed by atoms with E-state index in [-0.39, 0.29) is 36.0 Å². The van der Waals surface area contributed by atoms with Crippen LogP contribution >= 0.6 is 12.4 Å². The van der Waals surface area contributed by atoms with Gasteiger partial charge in [0.15, 0.2) is 0 Å². The van der Waals surface area contributed by atoms with Crippen molar-refractivity contribution in [2.45, 2.75) is 25.4 Å². The van der Waals surface area contributed by atoms with E-state index in [0.29, 0.717) is 23.7 Å². The van der Waals surface area contributed by atoms with Crippen molar-refractivity contribution in [1.82, 2.24) is 19.8 Å². The van der Waals surface area contributed by atoms with Gasteiger partial charge >= 0.3 is 0 Å². The number of para-hydroxylation sites is 1. The lowest BCUT2D eigenvalue weighted by Crippen LogP contribution is -2.48. The van der Waals surface area contributed by atoms with Crippen molar-refractivity contribution in [2.75, 3.05) is 20.1 Å². The van der Waals surface area contributed by atoms with Gasteiger partial charge in [0, 0.05) is 24.5 Å². The van der Waals surface area contributed by atoms with E-state index < -0.39 is 0 Å². The summed E-state index contributed by atoms with van der Waals surface area (Å²) in [6.07, 6.45) is 3.46. The number of nitrogens with one attached hydrogen (secondary N) is 1. The summed E-state index contributed by atoms with van der Waals surface area (Å²) in [6.45, 7) is 1.38. The van der Waals surface area contributed by atoms with Crippen LogP contribution in [0.5, 0.6) is 0 Å². The molecule has 7 nitrogen and oxygen atoms in total. The summed E-state index contributed by atoms with van der Waals surface area (Å²) >= 11 is 0. The van der Waals surface area contributed by atoms with Gasteiger partial charge in [-0.1, -0.05) is 12.1 Å². The minimum atomic E-state index is -0.322. The molecule has 138 valence electrons. The third kappa shape index (κ3) is 3.20. The highest BCUT2D eigenvalue weighted by Gasteiger charge is 2.23. The van der Waals surface area contributed by atoms with E-state index in [9.17, 15) is 9.59 Å². The lowest BCUT2D eigenvalue weighted by atomic mass is 10.1. The van der Waals surface area contributed by atoms with E-state index in [1.807, 2.05) is 25.2 Å². The number of hydrogen-bond acceptors (Lipinski definition) is 5. The Labute approximate surface area is 156 Å². The Morgan fingerprint density at radius 1 is 1.38 bits per heavy atom. The van der Waals surface area contributed by atoms with E-state index >= 15 is 0 Å². The molecule has 1 unspecified atom stereocenters. The third-order valence-electron chi connectivity index (χ3n) is 4.84. The number of piperidine rings is 1. The van der Waals surface area contributed by atoms with Gasteiger partial charge in [0.25, 0.3) is 5.56 Å². The van der Waals surface area contributed by atoms with Crippen molar-refractivity contribution in [2.24, 2.45) is 0 Å². The summed E-state index contributed by atoms with van der Waals surface area (Å²) in [7, 11) is 1.91. The van der Waals surface area contributed by atoms with Crippen molar-refractivity contribution in [3.8, 4) is 0 Å². The van der Waals surface area contributed by atoms with Crippen molar-refractivity contribution >= 4 is 40.4 Å². The van der Waals surface area contributed by atoms with Crippen LogP contribution in [0.3, 0.4) is 0 Å². The summed E-state index contributed by atoms with van der Waals surface area (Å²) < 4.78 is 6.98. The number of amides is 1. The van der Waals surface area contributed by atoms with Crippen molar-refractivity contribution in [3.63, 3.8) is 0 Å². The maximum atomic E-state index is 12.7. The number of rotatable bonds is 3. The monoisotopic (exact) mass is 376 g/mol. The van der Waals surface area contributed by atoms with Gasteiger partial charge in [0.1, 0.15) is 17.6 Å². The lowest BCUT2D eigenvalue weighted by molar-refractivity contribution is -0.133. The van der Waals surface area contributed by atoms with Gasteiger partial charge in [0.05, 0.1) is 6.33 Å². The molecule has 1 aliphatic rings. The maximum absolute atomic E-state index is 12.7. The van der Waals surface area contributed by atoms with E-state index in [4.69, 9.17) is 4.42 Å². The number of furan rings is 1. The molecule has 0 spiro atoms. The number of benzene rings is 1. The molecule has 8 heteroatoms. The van der Waals surface area contributed by atoms with Crippen molar-refractivity contribution in [3.05, 3.63) is 40.9 Å². The molecule has 1 amide bonds. The molecular weight excluding hydrogens is 356 g/mol. The van der Waals surface area contributed by atoms with Crippen LogP contribution in [0.4, 0.5) is 0 Å². The first-order valence-corrected chi connectivity index (χ1v) is 8.49. The van der Waals surface area contributed by atoms with Crippen molar-refractivity contribution < 1.29 is 9.21 Å². The quantitative estimate of drug-likeness (QED) is 0.753. The molecule has 3 heterocycles. The van der Waals surface area contributed by atoms with Crippen LogP contribution in [0, 0.1) is 0 Å². The van der Waals surface area contributed by atoms with Crippen LogP contribution in [0.2, 0.25) is 0 Å². The Morgan fingerprint density at radius 2 is 2.19 bits per heavy atom. The first kappa shape index (κ1) is 18.4. The Hall–Kier alpha value is -2.38. The predicted molar refractivity (Wildman–Crippen MR) is 102 cm³/mol. The van der Waals surface area contributed by atoms with Crippen LogP contribution in [-0.4, -0.2) is 46.5 Å². The summed E-state index contributed by atoms with van der Waals surface area (Å²) in [5.74, 6) is -0.0701. The fraction of sp³-hybridized carbons (Fsp3) is 0.389. The van der Waals surface area contributed by atoms with Crippen LogP contribution in [-0.2, 0) is 11.3 Å². The lowest BCUT2D eigenvalue weighted by Gasteiger charge is -2.32. The Balaban J connectivity index is 0.00000196. The minimum absolute atomic E-state index is 0. The fourth-order valence-corrected chi connectivity index (χ4v) is 3.41. The molecule has 2 aromatic heterocycles. The van der Waals surface area contributed by atoms with Gasteiger partial charge in [0.2, 0.25) is 11.5 Å². The zero-order valence-corrected chi connectivity index (χ0v) is 15.3. The average molecular weight is 377 g/mol. The number of carbonyl (C=O) groups is 1. The molecule has 0 aliphatic carbocycles. The molecule has 1 aliphatic heterocycles. The number of halogens is 1. The second kappa shape index (κ2) is 7.47. The van der Waals surface area contributed by atoms with Gasteiger partial charge in [-0.25, -0.2) is 4.98 Å². The van der Waals surface area contributed by atoms with Crippen LogP contribution in [0.15, 0.2) is 39.8 Å². The van der Waals surface area contributed by atoms with E-state index in [2.05, 4.69) is 10.3 Å². The first-order chi connectivity index (χ1) is 12.2. The highest BCUT2D eigenvalue weighted by Crippen LogP contribution is 2.24. The summed E-state index contributed by atoms with van der Waals surface area (Å²) in [5, 5.41) is 4.02. The molecule has 4 rings (SSSR count). The molecule has 1 fully saturated rings. The van der Waals surface area contributed by atoms with Crippen molar-refractivity contribution in [1.29, 1.82) is 0 Å². The predicted octanol–water partition coefficient (Wildman–Crippen LogP) is 1.77. The Morgan fingerprint density at radius 3 is 3.00 bits per heavy atom. The second-order valence-electron chi connectivity index (χ2n) is 6.42. The molecule has 26 heavy (non-hydrogen) atoms. The highest BCUT2D eigenvalue weighted by atomic mass is 35.5. The van der Waals surface area contributed by atoms with Gasteiger partial charge in [-0.2, -0.15) is 0 Å². The smallest absolute Gasteiger partial charge is 0.297 e. The van der Waals surface area contributed by atoms with E-state index in [0.717, 1.165) is 24.8 Å². The fourth-order valence-electron chi connectivity index (χ4n) is 3.41. The summed E-state index contributed by atoms with van der Waals surface area (Å²) in [4.78, 5) is 31.4. The minimum Gasteiger partial charge on any atom is -0.448 e. The largest absolute Gasteiger partial charge is 0.448 e. The number of nitrogens with zero attached hydrogens (tertiary/aromatic N) is 3. The molecule has 1 saturated heterocycles. The van der Waals surface area contributed by atoms with Crippen LogP contribution in [0.1, 0.15) is 12.8 Å². The number of hydrogen-bond donors (Lipinski definition) is 1. The number of likely N-dealkylation sites (N-methyl/N-ethyl adjacent to an activating group) is 1. The van der Waals surface area contributed by atoms with E-state index in [1.165, 1.54) is 10.9 Å². The van der Waals surface area contributed by atoms with Crippen LogP contribution in [0.25, 0.3) is 22.1 Å². The second-order valence-corrected chi connectivity index (χ2v) is 6.42. The SMILES string of the molecule is CNC1CCCN(C(=O)Cn2cnc3c(oc4ccccc43)c2=O)C1.Cl. The zero-order chi connectivity index (χ0) is 17.4.